The van der Waals surface area contributed by atoms with Crippen molar-refractivity contribution in [3.8, 4) is 22.8 Å². The second-order valence-electron chi connectivity index (χ2n) is 10.7. The highest BCUT2D eigenvalue weighted by molar-refractivity contribution is 5.91. The van der Waals surface area contributed by atoms with Gasteiger partial charge in [0.15, 0.2) is 0 Å². The van der Waals surface area contributed by atoms with Crippen LogP contribution in [0.2, 0.25) is 0 Å². The zero-order valence-electron chi connectivity index (χ0n) is 23.9. The lowest BCUT2D eigenvalue weighted by atomic mass is 10.1. The second-order valence-corrected chi connectivity index (χ2v) is 10.7. The minimum Gasteiger partial charge on any atom is -0.338 e. The fourth-order valence-electron chi connectivity index (χ4n) is 5.15. The maximum Gasteiger partial charge on any atom is 0.224 e. The Balaban J connectivity index is 0.848. The van der Waals surface area contributed by atoms with Crippen molar-refractivity contribution >= 4 is 45.3 Å². The average molecular weight is 571 g/mol. The van der Waals surface area contributed by atoms with Gasteiger partial charge >= 0.3 is 0 Å². The number of unbranched alkanes of at least 4 members (excludes halogenated alkanes) is 4. The molecule has 6 rings (SSSR count). The average Bonchev–Trinajstić information content (AvgIpc) is 3.66. The Morgan fingerprint density at radius 3 is 1.33 bits per heavy atom. The summed E-state index contributed by atoms with van der Waals surface area (Å²) in [6.45, 7) is 0. The van der Waals surface area contributed by atoms with Crippen LogP contribution in [0.15, 0.2) is 97.1 Å². The molecule has 0 aliphatic carbocycles. The van der Waals surface area contributed by atoms with Gasteiger partial charge in [0.2, 0.25) is 11.8 Å². The lowest BCUT2D eigenvalue weighted by Crippen LogP contribution is -2.11. The number of hydrogen-bond donors (Lipinski definition) is 4. The highest BCUT2D eigenvalue weighted by atomic mass is 16.2. The van der Waals surface area contributed by atoms with Gasteiger partial charge in [0.05, 0.1) is 22.1 Å². The first kappa shape index (κ1) is 27.9. The highest BCUT2D eigenvalue weighted by Gasteiger charge is 2.08. The zero-order chi connectivity index (χ0) is 29.4. The number of nitrogens with zero attached hydrogens (tertiary/aromatic N) is 2. The molecule has 0 fully saturated rings. The predicted octanol–water partition coefficient (Wildman–Crippen LogP) is 8.08. The number of benzene rings is 4. The Hall–Kier alpha value is -5.24. The van der Waals surface area contributed by atoms with Crippen LogP contribution < -0.4 is 10.6 Å². The third-order valence-electron chi connectivity index (χ3n) is 7.47. The Labute approximate surface area is 250 Å². The fourth-order valence-corrected chi connectivity index (χ4v) is 5.15. The summed E-state index contributed by atoms with van der Waals surface area (Å²) in [6.07, 6.45) is 5.54. The number of imidazole rings is 2. The lowest BCUT2D eigenvalue weighted by Gasteiger charge is -2.07. The van der Waals surface area contributed by atoms with E-state index in [-0.39, 0.29) is 11.8 Å². The van der Waals surface area contributed by atoms with Crippen molar-refractivity contribution in [2.75, 3.05) is 10.6 Å². The van der Waals surface area contributed by atoms with Crippen LogP contribution in [0.5, 0.6) is 0 Å². The van der Waals surface area contributed by atoms with Gasteiger partial charge in [-0.2, -0.15) is 0 Å². The summed E-state index contributed by atoms with van der Waals surface area (Å²) in [5.74, 6) is 1.65. The Bertz CT molecular complexity index is 1640. The fraction of sp³-hybridized carbons (Fsp3) is 0.200. The van der Waals surface area contributed by atoms with Gasteiger partial charge in [-0.1, -0.05) is 43.5 Å². The smallest absolute Gasteiger partial charge is 0.224 e. The molecule has 2 heterocycles. The first-order valence-electron chi connectivity index (χ1n) is 14.8. The number of anilines is 2. The molecule has 0 saturated carbocycles. The van der Waals surface area contributed by atoms with Crippen LogP contribution in [0.3, 0.4) is 0 Å². The van der Waals surface area contributed by atoms with Crippen LogP contribution >= 0.6 is 0 Å². The molecule has 6 aromatic rings. The van der Waals surface area contributed by atoms with Crippen LogP contribution in [-0.4, -0.2) is 31.8 Å². The van der Waals surface area contributed by atoms with Crippen molar-refractivity contribution < 1.29 is 9.59 Å². The largest absolute Gasteiger partial charge is 0.338 e. The molecule has 216 valence electrons. The monoisotopic (exact) mass is 570 g/mol. The summed E-state index contributed by atoms with van der Waals surface area (Å²) < 4.78 is 0. The Morgan fingerprint density at radius 2 is 0.907 bits per heavy atom. The molecule has 43 heavy (non-hydrogen) atoms. The van der Waals surface area contributed by atoms with E-state index in [9.17, 15) is 9.59 Å². The summed E-state index contributed by atoms with van der Waals surface area (Å²) in [5, 5.41) is 5.96. The number of fused-ring (bicyclic) bond motifs is 2. The number of H-pyrrole nitrogens is 2. The normalized spacial score (nSPS) is 11.2. The minimum atomic E-state index is 0.0159. The van der Waals surface area contributed by atoms with Crippen LogP contribution in [-0.2, 0) is 9.59 Å². The van der Waals surface area contributed by atoms with Gasteiger partial charge in [0, 0.05) is 35.3 Å². The summed E-state index contributed by atoms with van der Waals surface area (Å²) in [7, 11) is 0. The van der Waals surface area contributed by atoms with Gasteiger partial charge in [0.25, 0.3) is 0 Å². The lowest BCUT2D eigenvalue weighted by molar-refractivity contribution is -0.117. The molecule has 0 aliphatic heterocycles. The summed E-state index contributed by atoms with van der Waals surface area (Å²) in [6, 6.07) is 31.3. The second kappa shape index (κ2) is 13.2. The summed E-state index contributed by atoms with van der Waals surface area (Å²) in [5.41, 5.74) is 7.36. The third-order valence-corrected chi connectivity index (χ3v) is 7.47. The first-order valence-corrected chi connectivity index (χ1v) is 14.8. The molecule has 0 bridgehead atoms. The molecule has 0 unspecified atom stereocenters. The zero-order valence-corrected chi connectivity index (χ0v) is 23.9. The van der Waals surface area contributed by atoms with E-state index in [0.29, 0.717) is 12.8 Å². The molecule has 0 spiro atoms. The molecular weight excluding hydrogens is 536 g/mol. The third kappa shape index (κ3) is 7.16. The van der Waals surface area contributed by atoms with Crippen molar-refractivity contribution in [3.05, 3.63) is 97.1 Å². The molecule has 2 aromatic heterocycles. The van der Waals surface area contributed by atoms with Crippen molar-refractivity contribution in [2.24, 2.45) is 0 Å². The molecule has 0 aliphatic rings. The topological polar surface area (TPSA) is 116 Å². The highest BCUT2D eigenvalue weighted by Crippen LogP contribution is 2.24. The predicted molar refractivity (Wildman–Crippen MR) is 173 cm³/mol. The van der Waals surface area contributed by atoms with E-state index < -0.39 is 0 Å². The molecule has 0 atom stereocenters. The number of aromatic nitrogens is 4. The Kier molecular flexibility index (Phi) is 8.54. The molecule has 4 N–H and O–H groups in total. The van der Waals surface area contributed by atoms with E-state index >= 15 is 0 Å². The van der Waals surface area contributed by atoms with Crippen LogP contribution in [0.1, 0.15) is 44.9 Å². The van der Waals surface area contributed by atoms with Gasteiger partial charge in [-0.05, 0) is 85.6 Å². The van der Waals surface area contributed by atoms with Crippen molar-refractivity contribution in [1.29, 1.82) is 0 Å². The minimum absolute atomic E-state index is 0.0159. The van der Waals surface area contributed by atoms with Crippen LogP contribution in [0.25, 0.3) is 44.8 Å². The van der Waals surface area contributed by atoms with Crippen LogP contribution in [0.4, 0.5) is 11.4 Å². The van der Waals surface area contributed by atoms with Crippen LogP contribution in [0, 0.1) is 0 Å². The first-order chi connectivity index (χ1) is 21.1. The number of carbonyl (C=O) groups is 2. The number of aromatic amines is 2. The number of amides is 2. The van der Waals surface area contributed by atoms with Crippen molar-refractivity contribution in [2.45, 2.75) is 44.9 Å². The van der Waals surface area contributed by atoms with E-state index in [1.807, 2.05) is 97.1 Å². The number of hydrogen-bond acceptors (Lipinski definition) is 4. The number of nitrogens with one attached hydrogen (secondary N) is 4. The molecule has 8 nitrogen and oxygen atoms in total. The molecule has 2 amide bonds. The molecule has 4 aromatic carbocycles. The SMILES string of the molecule is O=C(CCCCCCCC(=O)Nc1ccc(-c2nc3ccccc3[nH]2)cc1)Nc1ccc(-c2nc3ccccc3[nH]2)cc1. The molecule has 0 radical (unpaired) electrons. The number of para-hydroxylation sites is 4. The maximum atomic E-state index is 12.4. The summed E-state index contributed by atoms with van der Waals surface area (Å²) >= 11 is 0. The number of rotatable bonds is 12. The van der Waals surface area contributed by atoms with E-state index in [1.54, 1.807) is 0 Å². The van der Waals surface area contributed by atoms with E-state index in [0.717, 1.165) is 88.3 Å². The van der Waals surface area contributed by atoms with E-state index in [2.05, 4.69) is 30.6 Å². The van der Waals surface area contributed by atoms with Gasteiger partial charge in [-0.25, -0.2) is 9.97 Å². The van der Waals surface area contributed by atoms with Gasteiger partial charge in [0.1, 0.15) is 11.6 Å². The number of carbonyl (C=O) groups excluding carboxylic acids is 2. The van der Waals surface area contributed by atoms with Gasteiger partial charge in [-0.3, -0.25) is 9.59 Å². The van der Waals surface area contributed by atoms with Gasteiger partial charge < -0.3 is 20.6 Å². The molecule has 8 heteroatoms. The standard InChI is InChI=1S/C35H34N6O2/c42-32(36-26-20-16-24(17-21-26)34-38-28-10-6-7-11-29(28)39-34)14-4-2-1-3-5-15-33(43)37-27-22-18-25(19-23-27)35-40-30-12-8-9-13-31(30)41-35/h6-13,16-23H,1-5,14-15H2,(H,36,42)(H,37,43)(H,38,39)(H,40,41). The van der Waals surface area contributed by atoms with Crippen molar-refractivity contribution in [1.82, 2.24) is 19.9 Å². The van der Waals surface area contributed by atoms with E-state index in [1.165, 1.54) is 0 Å². The molecular formula is C35H34N6O2. The van der Waals surface area contributed by atoms with E-state index in [4.69, 9.17) is 0 Å². The van der Waals surface area contributed by atoms with Gasteiger partial charge in [-0.15, -0.1) is 0 Å². The quantitative estimate of drug-likeness (QED) is 0.111. The molecule has 0 saturated heterocycles. The Morgan fingerprint density at radius 1 is 0.512 bits per heavy atom. The van der Waals surface area contributed by atoms with Crippen molar-refractivity contribution in [3.63, 3.8) is 0 Å². The summed E-state index contributed by atoms with van der Waals surface area (Å²) in [4.78, 5) is 40.7. The maximum absolute atomic E-state index is 12.4.